The summed E-state index contributed by atoms with van der Waals surface area (Å²) in [6.07, 6.45) is 3.71. The Hall–Kier alpha value is -1.22. The Bertz CT molecular complexity index is 679. The molecule has 2 aliphatic heterocycles. The second-order valence-corrected chi connectivity index (χ2v) is 9.06. The number of hydrogen-bond acceptors (Lipinski definition) is 6. The maximum atomic E-state index is 11.5. The summed E-state index contributed by atoms with van der Waals surface area (Å²) in [6.45, 7) is 5.35. The molecule has 2 aliphatic rings. The Morgan fingerprint density at radius 2 is 2.28 bits per heavy atom. The van der Waals surface area contributed by atoms with Crippen LogP contribution in [-0.2, 0) is 21.3 Å². The van der Waals surface area contributed by atoms with E-state index in [-0.39, 0.29) is 17.3 Å². The molecule has 3 rings (SSSR count). The molecule has 0 saturated carbocycles. The number of likely N-dealkylation sites (tertiary alicyclic amines) is 1. The van der Waals surface area contributed by atoms with E-state index in [2.05, 4.69) is 14.6 Å². The third kappa shape index (κ3) is 4.49. The molecule has 0 bridgehead atoms. The normalized spacial score (nSPS) is 23.4. The number of nitrogens with zero attached hydrogens (tertiary/aromatic N) is 2. The Morgan fingerprint density at radius 3 is 2.92 bits per heavy atom. The molecule has 0 unspecified atom stereocenters. The van der Waals surface area contributed by atoms with E-state index in [1.165, 1.54) is 0 Å². The Kier molecular flexibility index (Phi) is 5.62. The molecule has 1 aromatic rings. The van der Waals surface area contributed by atoms with Gasteiger partial charge in [-0.15, -0.1) is 0 Å². The third-order valence-electron chi connectivity index (χ3n) is 5.07. The first-order valence-corrected chi connectivity index (χ1v) is 10.4. The van der Waals surface area contributed by atoms with Crippen LogP contribution in [0.4, 0.5) is 0 Å². The van der Waals surface area contributed by atoms with Crippen LogP contribution in [-0.4, -0.2) is 63.0 Å². The van der Waals surface area contributed by atoms with Crippen LogP contribution < -0.4 is 9.46 Å². The number of nitrogens with one attached hydrogen (secondary N) is 1. The third-order valence-corrected chi connectivity index (χ3v) is 6.43. The van der Waals surface area contributed by atoms with Crippen LogP contribution in [0.5, 0.6) is 5.88 Å². The zero-order valence-electron chi connectivity index (χ0n) is 14.9. The summed E-state index contributed by atoms with van der Waals surface area (Å²) in [7, 11) is -1.48. The van der Waals surface area contributed by atoms with Crippen molar-refractivity contribution in [3.8, 4) is 5.88 Å². The first-order valence-electron chi connectivity index (χ1n) is 8.77. The van der Waals surface area contributed by atoms with Crippen LogP contribution in [0.3, 0.4) is 0 Å². The van der Waals surface area contributed by atoms with Crippen LogP contribution in [0.2, 0.25) is 0 Å². The predicted molar refractivity (Wildman–Crippen MR) is 94.9 cm³/mol. The SMILES string of the molecule is CCS(=O)(=O)NC[C@@H]1CCC2(CN(Cc3cccnc3OC)C2)OC1. The van der Waals surface area contributed by atoms with Gasteiger partial charge in [-0.1, -0.05) is 6.07 Å². The monoisotopic (exact) mass is 369 g/mol. The second kappa shape index (κ2) is 7.57. The molecule has 2 saturated heterocycles. The molecule has 1 spiro atoms. The van der Waals surface area contributed by atoms with Gasteiger partial charge in [0.05, 0.1) is 25.1 Å². The largest absolute Gasteiger partial charge is 0.481 e. The molecule has 0 amide bonds. The van der Waals surface area contributed by atoms with E-state index < -0.39 is 10.0 Å². The predicted octanol–water partition coefficient (Wildman–Crippen LogP) is 1.01. The van der Waals surface area contributed by atoms with Crippen molar-refractivity contribution in [2.45, 2.75) is 31.9 Å². The van der Waals surface area contributed by atoms with Gasteiger partial charge in [0.2, 0.25) is 15.9 Å². The van der Waals surface area contributed by atoms with Gasteiger partial charge in [0, 0.05) is 37.9 Å². The molecule has 7 nitrogen and oxygen atoms in total. The van der Waals surface area contributed by atoms with Crippen LogP contribution in [0, 0.1) is 5.92 Å². The molecule has 1 atom stereocenters. The standard InChI is InChI=1S/C17H27N3O4S/c1-3-25(21,22)19-9-14-6-7-17(24-11-14)12-20(13-17)10-15-5-4-8-18-16(15)23-2/h4-5,8,14,19H,3,6-7,9-13H2,1-2H3/t14-/m0/s1. The van der Waals surface area contributed by atoms with Gasteiger partial charge < -0.3 is 9.47 Å². The van der Waals surface area contributed by atoms with Gasteiger partial charge in [0.25, 0.3) is 0 Å². The van der Waals surface area contributed by atoms with Crippen molar-refractivity contribution < 1.29 is 17.9 Å². The van der Waals surface area contributed by atoms with E-state index in [4.69, 9.17) is 9.47 Å². The fourth-order valence-corrected chi connectivity index (χ4v) is 4.22. The summed E-state index contributed by atoms with van der Waals surface area (Å²) >= 11 is 0. The molecule has 140 valence electrons. The molecule has 0 aliphatic carbocycles. The van der Waals surface area contributed by atoms with E-state index in [1.807, 2.05) is 12.1 Å². The number of ether oxygens (including phenoxy) is 2. The Labute approximate surface area is 149 Å². The van der Waals surface area contributed by atoms with Crippen molar-refractivity contribution in [3.63, 3.8) is 0 Å². The number of aromatic nitrogens is 1. The molecule has 0 aromatic carbocycles. The van der Waals surface area contributed by atoms with E-state index in [1.54, 1.807) is 20.2 Å². The van der Waals surface area contributed by atoms with Crippen molar-refractivity contribution >= 4 is 10.0 Å². The zero-order chi connectivity index (χ0) is 17.9. The van der Waals surface area contributed by atoms with E-state index >= 15 is 0 Å². The maximum Gasteiger partial charge on any atom is 0.217 e. The zero-order valence-corrected chi connectivity index (χ0v) is 15.7. The maximum absolute atomic E-state index is 11.5. The van der Waals surface area contributed by atoms with Gasteiger partial charge in [-0.05, 0) is 31.7 Å². The molecular weight excluding hydrogens is 342 g/mol. The fraction of sp³-hybridized carbons (Fsp3) is 0.706. The lowest BCUT2D eigenvalue weighted by Crippen LogP contribution is -2.64. The van der Waals surface area contributed by atoms with Gasteiger partial charge >= 0.3 is 0 Å². The minimum atomic E-state index is -3.12. The van der Waals surface area contributed by atoms with Crippen LogP contribution in [0.1, 0.15) is 25.3 Å². The molecule has 2 fully saturated rings. The number of methoxy groups -OCH3 is 1. The van der Waals surface area contributed by atoms with Crippen LogP contribution >= 0.6 is 0 Å². The fourth-order valence-electron chi connectivity index (χ4n) is 3.52. The highest BCUT2D eigenvalue weighted by Gasteiger charge is 2.46. The smallest absolute Gasteiger partial charge is 0.217 e. The number of hydrogen-bond donors (Lipinski definition) is 1. The second-order valence-electron chi connectivity index (χ2n) is 6.97. The van der Waals surface area contributed by atoms with Gasteiger partial charge in [-0.3, -0.25) is 4.90 Å². The highest BCUT2D eigenvalue weighted by Crippen LogP contribution is 2.37. The van der Waals surface area contributed by atoms with Crippen LogP contribution in [0.25, 0.3) is 0 Å². The van der Waals surface area contributed by atoms with Crippen molar-refractivity contribution in [2.24, 2.45) is 5.92 Å². The summed E-state index contributed by atoms with van der Waals surface area (Å²) < 4.78 is 37.1. The Morgan fingerprint density at radius 1 is 1.48 bits per heavy atom. The van der Waals surface area contributed by atoms with Gasteiger partial charge in [-0.25, -0.2) is 18.1 Å². The van der Waals surface area contributed by atoms with Crippen LogP contribution in [0.15, 0.2) is 18.3 Å². The molecule has 1 N–H and O–H groups in total. The van der Waals surface area contributed by atoms with Gasteiger partial charge in [0.1, 0.15) is 0 Å². The summed E-state index contributed by atoms with van der Waals surface area (Å²) in [6, 6.07) is 3.96. The molecule has 3 heterocycles. The number of sulfonamides is 1. The molecule has 25 heavy (non-hydrogen) atoms. The van der Waals surface area contributed by atoms with Gasteiger partial charge in [-0.2, -0.15) is 0 Å². The van der Waals surface area contributed by atoms with Crippen molar-refractivity contribution in [3.05, 3.63) is 23.9 Å². The van der Waals surface area contributed by atoms with Crippen molar-refractivity contribution in [1.82, 2.24) is 14.6 Å². The minimum absolute atomic E-state index is 0.0599. The van der Waals surface area contributed by atoms with E-state index in [9.17, 15) is 8.42 Å². The first-order chi connectivity index (χ1) is 12.0. The summed E-state index contributed by atoms with van der Waals surface area (Å²) in [5.41, 5.74) is 1.03. The topological polar surface area (TPSA) is 80.8 Å². The average molecular weight is 369 g/mol. The minimum Gasteiger partial charge on any atom is -0.481 e. The highest BCUT2D eigenvalue weighted by atomic mass is 32.2. The Balaban J connectivity index is 1.44. The van der Waals surface area contributed by atoms with Gasteiger partial charge in [0.15, 0.2) is 0 Å². The quantitative estimate of drug-likeness (QED) is 0.773. The molecular formula is C17H27N3O4S. The summed E-state index contributed by atoms with van der Waals surface area (Å²) in [5.74, 6) is 1.06. The van der Waals surface area contributed by atoms with Crippen molar-refractivity contribution in [2.75, 3.05) is 39.1 Å². The molecule has 0 radical (unpaired) electrons. The number of rotatable bonds is 7. The molecule has 1 aromatic heterocycles. The average Bonchev–Trinajstić information content (AvgIpc) is 2.60. The van der Waals surface area contributed by atoms with Crippen molar-refractivity contribution in [1.29, 1.82) is 0 Å². The number of pyridine rings is 1. The summed E-state index contributed by atoms with van der Waals surface area (Å²) in [4.78, 5) is 6.57. The molecule has 8 heteroatoms. The summed E-state index contributed by atoms with van der Waals surface area (Å²) in [5, 5.41) is 0. The highest BCUT2D eigenvalue weighted by molar-refractivity contribution is 7.89. The van der Waals surface area contributed by atoms with E-state index in [0.717, 1.165) is 38.0 Å². The lowest BCUT2D eigenvalue weighted by Gasteiger charge is -2.53. The first kappa shape index (κ1) is 18.6. The van der Waals surface area contributed by atoms with E-state index in [0.29, 0.717) is 19.0 Å². The lowest BCUT2D eigenvalue weighted by molar-refractivity contribution is -0.181. The lowest BCUT2D eigenvalue weighted by atomic mass is 9.83.